The molecule has 1 fully saturated rings. The number of nitrogens with one attached hydrogen (secondary N) is 2. The van der Waals surface area contributed by atoms with E-state index in [9.17, 15) is 4.79 Å². The molecule has 2 N–H and O–H groups in total. The molecular weight excluding hydrogens is 354 g/mol. The molecule has 152 valence electrons. The fourth-order valence-electron chi connectivity index (χ4n) is 3.26. The van der Waals surface area contributed by atoms with Crippen LogP contribution in [0, 0.1) is 0 Å². The number of hydrogen-bond acceptors (Lipinski definition) is 5. The first-order chi connectivity index (χ1) is 13.2. The van der Waals surface area contributed by atoms with Gasteiger partial charge in [0, 0.05) is 42.7 Å². The number of amides is 2. The molecule has 1 aromatic heterocycles. The average Bonchev–Trinajstić information content (AvgIpc) is 3.29. The topological polar surface area (TPSA) is 83.3 Å². The molecule has 1 unspecified atom stereocenters. The van der Waals surface area contributed by atoms with E-state index in [-0.39, 0.29) is 11.4 Å². The van der Waals surface area contributed by atoms with Crippen molar-refractivity contribution in [3.8, 4) is 11.4 Å². The van der Waals surface area contributed by atoms with Crippen molar-refractivity contribution in [3.05, 3.63) is 35.7 Å². The number of benzene rings is 1. The number of nitrogens with zero attached hydrogens (tertiary/aromatic N) is 3. The Bertz CT molecular complexity index is 792. The van der Waals surface area contributed by atoms with Gasteiger partial charge < -0.3 is 20.1 Å². The molecule has 1 aliphatic rings. The smallest absolute Gasteiger partial charge is 0.317 e. The lowest BCUT2D eigenvalue weighted by atomic mass is 9.97. The Labute approximate surface area is 166 Å². The van der Waals surface area contributed by atoms with Gasteiger partial charge in [-0.15, -0.1) is 0 Å². The Morgan fingerprint density at radius 2 is 2.00 bits per heavy atom. The van der Waals surface area contributed by atoms with Crippen molar-refractivity contribution in [1.82, 2.24) is 25.7 Å². The number of carbonyl (C=O) groups is 1. The van der Waals surface area contributed by atoms with Crippen molar-refractivity contribution in [1.29, 1.82) is 0 Å². The van der Waals surface area contributed by atoms with Crippen LogP contribution in [0.1, 0.15) is 52.5 Å². The number of likely N-dealkylation sites (tertiary alicyclic amines) is 1. The van der Waals surface area contributed by atoms with Gasteiger partial charge in [-0.3, -0.25) is 0 Å². The maximum absolute atomic E-state index is 12.4. The third-order valence-corrected chi connectivity index (χ3v) is 4.77. The second-order valence-corrected chi connectivity index (χ2v) is 8.78. The van der Waals surface area contributed by atoms with E-state index in [1.807, 2.05) is 49.9 Å². The summed E-state index contributed by atoms with van der Waals surface area (Å²) in [5, 5.41) is 10.6. The van der Waals surface area contributed by atoms with Crippen molar-refractivity contribution in [2.75, 3.05) is 13.1 Å². The summed E-state index contributed by atoms with van der Waals surface area (Å²) < 4.78 is 5.35. The number of aromatic nitrogens is 2. The molecule has 1 aliphatic heterocycles. The van der Waals surface area contributed by atoms with Crippen LogP contribution in [0.4, 0.5) is 4.79 Å². The minimum Gasteiger partial charge on any atom is -0.338 e. The Balaban J connectivity index is 1.52. The summed E-state index contributed by atoms with van der Waals surface area (Å²) in [6.07, 6.45) is 1.00. The van der Waals surface area contributed by atoms with Crippen molar-refractivity contribution in [2.24, 2.45) is 0 Å². The lowest BCUT2D eigenvalue weighted by Crippen LogP contribution is -2.41. The molecule has 0 radical (unpaired) electrons. The molecule has 1 aromatic carbocycles. The van der Waals surface area contributed by atoms with Gasteiger partial charge in [0.15, 0.2) is 0 Å². The first-order valence-corrected chi connectivity index (χ1v) is 9.94. The molecule has 3 rings (SSSR count). The quantitative estimate of drug-likeness (QED) is 0.825. The molecule has 2 amide bonds. The van der Waals surface area contributed by atoms with E-state index in [1.165, 1.54) is 0 Å². The van der Waals surface area contributed by atoms with Gasteiger partial charge in [0.1, 0.15) is 0 Å². The molecule has 1 atom stereocenters. The SMILES string of the molecule is CC(C)NC1CCN(C(=O)NCc2ccc(-c3noc(C(C)(C)C)n3)cc2)C1. The van der Waals surface area contributed by atoms with E-state index in [2.05, 4.69) is 34.6 Å². The molecule has 0 spiro atoms. The maximum atomic E-state index is 12.4. The summed E-state index contributed by atoms with van der Waals surface area (Å²) in [4.78, 5) is 18.7. The van der Waals surface area contributed by atoms with Crippen molar-refractivity contribution in [2.45, 2.75) is 65.1 Å². The highest BCUT2D eigenvalue weighted by molar-refractivity contribution is 5.74. The Morgan fingerprint density at radius 1 is 1.29 bits per heavy atom. The average molecular weight is 386 g/mol. The maximum Gasteiger partial charge on any atom is 0.317 e. The Hall–Kier alpha value is -2.41. The molecule has 7 nitrogen and oxygen atoms in total. The van der Waals surface area contributed by atoms with Gasteiger partial charge in [-0.1, -0.05) is 64.0 Å². The van der Waals surface area contributed by atoms with Crippen LogP contribution in [0.15, 0.2) is 28.8 Å². The Kier molecular flexibility index (Phi) is 6.03. The lowest BCUT2D eigenvalue weighted by Gasteiger charge is -2.19. The number of carbonyl (C=O) groups excluding carboxylic acids is 1. The predicted molar refractivity (Wildman–Crippen MR) is 109 cm³/mol. The van der Waals surface area contributed by atoms with Crippen molar-refractivity contribution >= 4 is 6.03 Å². The van der Waals surface area contributed by atoms with Gasteiger partial charge in [-0.25, -0.2) is 4.79 Å². The van der Waals surface area contributed by atoms with Crippen LogP contribution in [0.5, 0.6) is 0 Å². The summed E-state index contributed by atoms with van der Waals surface area (Å²) >= 11 is 0. The fraction of sp³-hybridized carbons (Fsp3) is 0.571. The zero-order valence-corrected chi connectivity index (χ0v) is 17.5. The monoisotopic (exact) mass is 385 g/mol. The molecule has 0 bridgehead atoms. The normalized spacial score (nSPS) is 17.4. The third-order valence-electron chi connectivity index (χ3n) is 4.77. The van der Waals surface area contributed by atoms with Crippen LogP contribution < -0.4 is 10.6 Å². The van der Waals surface area contributed by atoms with Gasteiger partial charge in [0.2, 0.25) is 11.7 Å². The fourth-order valence-corrected chi connectivity index (χ4v) is 3.26. The summed E-state index contributed by atoms with van der Waals surface area (Å²) in [5.74, 6) is 1.20. The highest BCUT2D eigenvalue weighted by atomic mass is 16.5. The van der Waals surface area contributed by atoms with Gasteiger partial charge in [-0.2, -0.15) is 4.98 Å². The van der Waals surface area contributed by atoms with Crippen molar-refractivity contribution < 1.29 is 9.32 Å². The van der Waals surface area contributed by atoms with E-state index in [4.69, 9.17) is 4.52 Å². The van der Waals surface area contributed by atoms with Gasteiger partial charge >= 0.3 is 6.03 Å². The first kappa shape index (κ1) is 20.3. The summed E-state index contributed by atoms with van der Waals surface area (Å²) in [7, 11) is 0. The number of rotatable bonds is 5. The van der Waals surface area contributed by atoms with Crippen LogP contribution in [-0.2, 0) is 12.0 Å². The van der Waals surface area contributed by atoms with Crippen LogP contribution in [0.25, 0.3) is 11.4 Å². The zero-order chi connectivity index (χ0) is 20.3. The van der Waals surface area contributed by atoms with Gasteiger partial charge in [0.25, 0.3) is 0 Å². The summed E-state index contributed by atoms with van der Waals surface area (Å²) in [6.45, 7) is 12.4. The van der Waals surface area contributed by atoms with Crippen LogP contribution in [0.3, 0.4) is 0 Å². The first-order valence-electron chi connectivity index (χ1n) is 9.94. The van der Waals surface area contributed by atoms with E-state index in [0.29, 0.717) is 30.3 Å². The van der Waals surface area contributed by atoms with Crippen molar-refractivity contribution in [3.63, 3.8) is 0 Å². The summed E-state index contributed by atoms with van der Waals surface area (Å²) in [5.41, 5.74) is 1.76. The number of urea groups is 1. The third kappa shape index (κ3) is 5.10. The predicted octanol–water partition coefficient (Wildman–Crippen LogP) is 3.32. The molecule has 2 aromatic rings. The van der Waals surface area contributed by atoms with E-state index in [0.717, 1.165) is 30.6 Å². The van der Waals surface area contributed by atoms with E-state index >= 15 is 0 Å². The molecular formula is C21H31N5O2. The van der Waals surface area contributed by atoms with Crippen LogP contribution in [0.2, 0.25) is 0 Å². The van der Waals surface area contributed by atoms with E-state index < -0.39 is 0 Å². The molecule has 2 heterocycles. The molecule has 28 heavy (non-hydrogen) atoms. The molecule has 0 aliphatic carbocycles. The molecule has 0 saturated carbocycles. The highest BCUT2D eigenvalue weighted by Crippen LogP contribution is 2.24. The highest BCUT2D eigenvalue weighted by Gasteiger charge is 2.26. The van der Waals surface area contributed by atoms with Crippen LogP contribution in [-0.4, -0.2) is 46.2 Å². The standard InChI is InChI=1S/C21H31N5O2/c1-14(2)23-17-10-11-26(13-17)20(27)22-12-15-6-8-16(9-7-15)18-24-19(28-25-18)21(3,4)5/h6-9,14,17,23H,10-13H2,1-5H3,(H,22,27). The Morgan fingerprint density at radius 3 is 2.61 bits per heavy atom. The second-order valence-electron chi connectivity index (χ2n) is 8.78. The lowest BCUT2D eigenvalue weighted by molar-refractivity contribution is 0.207. The van der Waals surface area contributed by atoms with Gasteiger partial charge in [0.05, 0.1) is 0 Å². The second kappa shape index (κ2) is 8.31. The van der Waals surface area contributed by atoms with Gasteiger partial charge in [-0.05, 0) is 12.0 Å². The molecule has 1 saturated heterocycles. The minimum absolute atomic E-state index is 0.00915. The minimum atomic E-state index is -0.172. The number of hydrogen-bond donors (Lipinski definition) is 2. The largest absolute Gasteiger partial charge is 0.338 e. The zero-order valence-electron chi connectivity index (χ0n) is 17.5. The van der Waals surface area contributed by atoms with Crippen LogP contribution >= 0.6 is 0 Å². The van der Waals surface area contributed by atoms with E-state index in [1.54, 1.807) is 0 Å². The summed E-state index contributed by atoms with van der Waals surface area (Å²) in [6, 6.07) is 8.69. The molecule has 7 heteroatoms.